The summed E-state index contributed by atoms with van der Waals surface area (Å²) in [6.45, 7) is 0. The molecule has 0 radical (unpaired) electrons. The van der Waals surface area contributed by atoms with E-state index < -0.39 is 5.97 Å². The Kier molecular flexibility index (Phi) is 3.09. The molecule has 14 heavy (non-hydrogen) atoms. The van der Waals surface area contributed by atoms with Crippen LogP contribution in [-0.4, -0.2) is 11.1 Å². The van der Waals surface area contributed by atoms with Crippen molar-refractivity contribution in [3.05, 3.63) is 0 Å². The van der Waals surface area contributed by atoms with Gasteiger partial charge in [0.1, 0.15) is 0 Å². The number of hydrogen-bond acceptors (Lipinski definition) is 1. The molecule has 0 aromatic heterocycles. The molecule has 0 aliphatic heterocycles. The molecule has 80 valence electrons. The third-order valence-electron chi connectivity index (χ3n) is 3.87. The van der Waals surface area contributed by atoms with Gasteiger partial charge in [-0.3, -0.25) is 4.79 Å². The van der Waals surface area contributed by atoms with Crippen molar-refractivity contribution in [2.75, 3.05) is 0 Å². The van der Waals surface area contributed by atoms with E-state index in [9.17, 15) is 4.79 Å². The van der Waals surface area contributed by atoms with Gasteiger partial charge in [-0.15, -0.1) is 0 Å². The van der Waals surface area contributed by atoms with Crippen molar-refractivity contribution in [2.24, 2.45) is 17.8 Å². The van der Waals surface area contributed by atoms with E-state index in [0.717, 1.165) is 11.8 Å². The maximum absolute atomic E-state index is 10.5. The fourth-order valence-electron chi connectivity index (χ4n) is 2.92. The monoisotopic (exact) mass is 196 g/mol. The minimum atomic E-state index is -0.610. The van der Waals surface area contributed by atoms with Gasteiger partial charge in [0.05, 0.1) is 0 Å². The zero-order valence-corrected chi connectivity index (χ0v) is 8.74. The number of carbonyl (C=O) groups is 1. The first-order valence-electron chi connectivity index (χ1n) is 5.97. The molecular formula is C12H20O2. The fraction of sp³-hybridized carbons (Fsp3) is 0.917. The van der Waals surface area contributed by atoms with Crippen molar-refractivity contribution in [1.29, 1.82) is 0 Å². The van der Waals surface area contributed by atoms with E-state index in [1.54, 1.807) is 0 Å². The topological polar surface area (TPSA) is 37.3 Å². The molecule has 2 unspecified atom stereocenters. The highest BCUT2D eigenvalue weighted by Gasteiger charge is 2.39. The summed E-state index contributed by atoms with van der Waals surface area (Å²) < 4.78 is 0. The van der Waals surface area contributed by atoms with Crippen LogP contribution in [0.1, 0.15) is 51.4 Å². The Balaban J connectivity index is 1.65. The number of rotatable bonds is 4. The second-order valence-corrected chi connectivity index (χ2v) is 5.09. The van der Waals surface area contributed by atoms with Crippen LogP contribution in [0.2, 0.25) is 0 Å². The van der Waals surface area contributed by atoms with E-state index >= 15 is 0 Å². The molecule has 0 aromatic carbocycles. The Morgan fingerprint density at radius 3 is 2.50 bits per heavy atom. The molecule has 2 fully saturated rings. The predicted octanol–water partition coefficient (Wildman–Crippen LogP) is 3.07. The van der Waals surface area contributed by atoms with Crippen molar-refractivity contribution in [3.8, 4) is 0 Å². The van der Waals surface area contributed by atoms with Gasteiger partial charge in [-0.25, -0.2) is 0 Å². The number of carboxylic acid groups (broad SMARTS) is 1. The van der Waals surface area contributed by atoms with Crippen LogP contribution >= 0.6 is 0 Å². The Labute approximate surface area is 85.7 Å². The molecule has 0 aromatic rings. The van der Waals surface area contributed by atoms with E-state index in [4.69, 9.17) is 5.11 Å². The molecule has 2 nitrogen and oxygen atoms in total. The smallest absolute Gasteiger partial charge is 0.303 e. The molecule has 2 aliphatic rings. The van der Waals surface area contributed by atoms with Crippen LogP contribution in [0.3, 0.4) is 0 Å². The summed E-state index contributed by atoms with van der Waals surface area (Å²) in [5, 5.41) is 8.65. The predicted molar refractivity (Wildman–Crippen MR) is 55.0 cm³/mol. The molecule has 1 N–H and O–H groups in total. The van der Waals surface area contributed by atoms with Gasteiger partial charge in [0.15, 0.2) is 0 Å². The van der Waals surface area contributed by atoms with E-state index in [1.165, 1.54) is 44.9 Å². The van der Waals surface area contributed by atoms with Gasteiger partial charge in [-0.2, -0.15) is 0 Å². The van der Waals surface area contributed by atoms with Crippen LogP contribution in [0.15, 0.2) is 0 Å². The summed E-state index contributed by atoms with van der Waals surface area (Å²) in [5.74, 6) is 1.59. The van der Waals surface area contributed by atoms with Crippen molar-refractivity contribution in [1.82, 2.24) is 0 Å². The van der Waals surface area contributed by atoms with Crippen LogP contribution in [0.5, 0.6) is 0 Å². The maximum Gasteiger partial charge on any atom is 0.303 e. The third kappa shape index (κ3) is 2.73. The van der Waals surface area contributed by atoms with Crippen molar-refractivity contribution >= 4 is 5.97 Å². The summed E-state index contributed by atoms with van der Waals surface area (Å²) in [4.78, 5) is 10.5. The highest BCUT2D eigenvalue weighted by molar-refractivity contribution is 5.67. The van der Waals surface area contributed by atoms with Crippen LogP contribution < -0.4 is 0 Å². The molecule has 0 saturated heterocycles. The number of hydrogen-bond donors (Lipinski definition) is 1. The zero-order valence-electron chi connectivity index (χ0n) is 8.74. The minimum absolute atomic E-state index is 0.414. The lowest BCUT2D eigenvalue weighted by atomic mass is 9.85. The molecule has 2 saturated carbocycles. The maximum atomic E-state index is 10.5. The molecule has 0 spiro atoms. The lowest BCUT2D eigenvalue weighted by Crippen LogP contribution is -2.07. The molecular weight excluding hydrogens is 176 g/mol. The van der Waals surface area contributed by atoms with Gasteiger partial charge in [-0.05, 0) is 30.6 Å². The summed E-state index contributed by atoms with van der Waals surface area (Å²) in [5.41, 5.74) is 0. The van der Waals surface area contributed by atoms with Gasteiger partial charge in [-0.1, -0.05) is 32.1 Å². The van der Waals surface area contributed by atoms with Crippen molar-refractivity contribution in [3.63, 3.8) is 0 Å². The number of carboxylic acids is 1. The molecule has 2 atom stereocenters. The molecule has 2 heteroatoms. The summed E-state index contributed by atoms with van der Waals surface area (Å²) in [6.07, 6.45) is 9.94. The average molecular weight is 196 g/mol. The fourth-order valence-corrected chi connectivity index (χ4v) is 2.92. The Morgan fingerprint density at radius 2 is 1.86 bits per heavy atom. The quantitative estimate of drug-likeness (QED) is 0.750. The number of aliphatic carboxylic acids is 1. The van der Waals surface area contributed by atoms with Crippen LogP contribution in [0.4, 0.5) is 0 Å². The van der Waals surface area contributed by atoms with Crippen LogP contribution in [0.25, 0.3) is 0 Å². The van der Waals surface area contributed by atoms with Crippen molar-refractivity contribution < 1.29 is 9.90 Å². The van der Waals surface area contributed by atoms with Crippen LogP contribution in [0, 0.1) is 17.8 Å². The minimum Gasteiger partial charge on any atom is -0.481 e. The largest absolute Gasteiger partial charge is 0.481 e. The van der Waals surface area contributed by atoms with Gasteiger partial charge in [0.2, 0.25) is 0 Å². The Morgan fingerprint density at radius 1 is 1.14 bits per heavy atom. The highest BCUT2D eigenvalue weighted by atomic mass is 16.4. The molecule has 0 bridgehead atoms. The van der Waals surface area contributed by atoms with Gasteiger partial charge < -0.3 is 5.11 Å². The van der Waals surface area contributed by atoms with E-state index in [-0.39, 0.29) is 0 Å². The van der Waals surface area contributed by atoms with Gasteiger partial charge in [0.25, 0.3) is 0 Å². The van der Waals surface area contributed by atoms with Crippen molar-refractivity contribution in [2.45, 2.75) is 51.4 Å². The first-order valence-corrected chi connectivity index (χ1v) is 5.97. The molecule has 0 heterocycles. The van der Waals surface area contributed by atoms with E-state index in [0.29, 0.717) is 12.3 Å². The van der Waals surface area contributed by atoms with Gasteiger partial charge >= 0.3 is 5.97 Å². The zero-order chi connectivity index (χ0) is 9.97. The normalized spacial score (nSPS) is 32.9. The summed E-state index contributed by atoms with van der Waals surface area (Å²) >= 11 is 0. The first kappa shape index (κ1) is 10.0. The van der Waals surface area contributed by atoms with Gasteiger partial charge in [0, 0.05) is 6.42 Å². The Hall–Kier alpha value is -0.530. The second kappa shape index (κ2) is 4.33. The first-order chi connectivity index (χ1) is 6.75. The Bertz CT molecular complexity index is 206. The average Bonchev–Trinajstić information content (AvgIpc) is 2.84. The SMILES string of the molecule is O=C(O)CC1CC1CC1CCCCC1. The third-order valence-corrected chi connectivity index (χ3v) is 3.87. The standard InChI is InChI=1S/C12H20O2/c13-12(14)8-11-7-10(11)6-9-4-2-1-3-5-9/h9-11H,1-8H2,(H,13,14). The molecule has 2 aliphatic carbocycles. The summed E-state index contributed by atoms with van der Waals surface area (Å²) in [6, 6.07) is 0. The summed E-state index contributed by atoms with van der Waals surface area (Å²) in [7, 11) is 0. The van der Waals surface area contributed by atoms with Crippen LogP contribution in [-0.2, 0) is 4.79 Å². The lowest BCUT2D eigenvalue weighted by Gasteiger charge is -2.21. The van der Waals surface area contributed by atoms with E-state index in [1.807, 2.05) is 0 Å². The second-order valence-electron chi connectivity index (χ2n) is 5.09. The molecule has 2 rings (SSSR count). The molecule has 0 amide bonds. The van der Waals surface area contributed by atoms with E-state index in [2.05, 4.69) is 0 Å². The highest BCUT2D eigenvalue weighted by Crippen LogP contribution is 2.47. The lowest BCUT2D eigenvalue weighted by molar-refractivity contribution is -0.137.